The average Bonchev–Trinajstić information content (AvgIpc) is 2.26. The van der Waals surface area contributed by atoms with Crippen LogP contribution in [0.3, 0.4) is 0 Å². The number of hydrogen-bond acceptors (Lipinski definition) is 5. The summed E-state index contributed by atoms with van der Waals surface area (Å²) in [5, 5.41) is 10.2. The van der Waals surface area contributed by atoms with E-state index < -0.39 is 0 Å². The molecule has 0 aromatic carbocycles. The molecule has 3 unspecified atom stereocenters. The van der Waals surface area contributed by atoms with Crippen molar-refractivity contribution in [1.29, 1.82) is 0 Å². The minimum atomic E-state index is -0.345. The third-order valence-corrected chi connectivity index (χ3v) is 3.78. The van der Waals surface area contributed by atoms with Gasteiger partial charge >= 0.3 is 5.97 Å². The monoisotopic (exact) mass is 272 g/mol. The molecule has 1 saturated heterocycles. The van der Waals surface area contributed by atoms with E-state index >= 15 is 0 Å². The predicted octanol–water partition coefficient (Wildman–Crippen LogP) is 0.606. The highest BCUT2D eigenvalue weighted by molar-refractivity contribution is 5.71. The molecule has 3 N–H and O–H groups in total. The zero-order valence-electron chi connectivity index (χ0n) is 12.6. The third-order valence-electron chi connectivity index (χ3n) is 3.78. The fourth-order valence-electron chi connectivity index (χ4n) is 2.56. The molecule has 5 nitrogen and oxygen atoms in total. The first-order valence-electron chi connectivity index (χ1n) is 6.95. The van der Waals surface area contributed by atoms with Crippen molar-refractivity contribution in [3.63, 3.8) is 0 Å². The zero-order chi connectivity index (χ0) is 14.6. The van der Waals surface area contributed by atoms with Gasteiger partial charge in [0, 0.05) is 19.1 Å². The van der Waals surface area contributed by atoms with Crippen molar-refractivity contribution in [2.45, 2.75) is 45.8 Å². The largest absolute Gasteiger partial charge is 0.468 e. The van der Waals surface area contributed by atoms with E-state index in [9.17, 15) is 9.90 Å². The van der Waals surface area contributed by atoms with Gasteiger partial charge in [-0.15, -0.1) is 0 Å². The fraction of sp³-hybridized carbons (Fsp3) is 0.929. The third kappa shape index (κ3) is 5.47. The highest BCUT2D eigenvalue weighted by Crippen LogP contribution is 2.28. The lowest BCUT2D eigenvalue weighted by atomic mass is 9.80. The second kappa shape index (κ2) is 6.68. The molecule has 112 valence electrons. The van der Waals surface area contributed by atoms with Crippen LogP contribution in [0.4, 0.5) is 0 Å². The lowest BCUT2D eigenvalue weighted by Gasteiger charge is -2.38. The number of carbonyl (C=O) groups is 1. The Morgan fingerprint density at radius 3 is 2.63 bits per heavy atom. The summed E-state index contributed by atoms with van der Waals surface area (Å²) in [6.45, 7) is 7.91. The first kappa shape index (κ1) is 16.4. The zero-order valence-corrected chi connectivity index (χ0v) is 12.6. The molecule has 0 aliphatic carbocycles. The Bertz CT molecular complexity index is 302. The van der Waals surface area contributed by atoms with Crippen LogP contribution >= 0.6 is 0 Å². The molecule has 0 saturated carbocycles. The van der Waals surface area contributed by atoms with Gasteiger partial charge in [0.05, 0.1) is 19.8 Å². The van der Waals surface area contributed by atoms with Crippen LogP contribution in [0.1, 0.15) is 33.6 Å². The van der Waals surface area contributed by atoms with E-state index in [-0.39, 0.29) is 30.1 Å². The molecule has 0 amide bonds. The quantitative estimate of drug-likeness (QED) is 0.733. The summed E-state index contributed by atoms with van der Waals surface area (Å²) in [7, 11) is 1.40. The number of rotatable bonds is 4. The van der Waals surface area contributed by atoms with Gasteiger partial charge in [-0.25, -0.2) is 0 Å². The van der Waals surface area contributed by atoms with Gasteiger partial charge in [-0.05, 0) is 24.2 Å². The summed E-state index contributed by atoms with van der Waals surface area (Å²) in [6, 6.07) is 0.0653. The number of esters is 1. The molecule has 0 bridgehead atoms. The first-order chi connectivity index (χ1) is 8.72. The molecule has 5 heteroatoms. The molecular weight excluding hydrogens is 244 g/mol. The maximum atomic E-state index is 11.3. The van der Waals surface area contributed by atoms with Gasteiger partial charge in [-0.2, -0.15) is 0 Å². The van der Waals surface area contributed by atoms with E-state index in [2.05, 4.69) is 4.74 Å². The minimum absolute atomic E-state index is 0.0653. The van der Waals surface area contributed by atoms with Crippen molar-refractivity contribution >= 4 is 5.97 Å². The van der Waals surface area contributed by atoms with Gasteiger partial charge in [0.15, 0.2) is 0 Å². The molecule has 0 spiro atoms. The van der Waals surface area contributed by atoms with Crippen LogP contribution in [-0.2, 0) is 9.53 Å². The number of nitrogens with zero attached hydrogens (tertiary/aromatic N) is 1. The van der Waals surface area contributed by atoms with Gasteiger partial charge in [0.1, 0.15) is 0 Å². The number of piperidine rings is 1. The summed E-state index contributed by atoms with van der Waals surface area (Å²) in [5.74, 6) is 0.104. The summed E-state index contributed by atoms with van der Waals surface area (Å²) in [5.41, 5.74) is 5.93. The highest BCUT2D eigenvalue weighted by atomic mass is 16.5. The Labute approximate surface area is 116 Å². The number of carbonyl (C=O) groups excluding carboxylic acids is 1. The molecule has 0 aromatic rings. The molecule has 1 aliphatic heterocycles. The molecule has 3 atom stereocenters. The van der Waals surface area contributed by atoms with Gasteiger partial charge in [0.2, 0.25) is 0 Å². The summed E-state index contributed by atoms with van der Waals surface area (Å²) in [6.07, 6.45) is 1.29. The predicted molar refractivity (Wildman–Crippen MR) is 74.6 cm³/mol. The minimum Gasteiger partial charge on any atom is -0.468 e. The van der Waals surface area contributed by atoms with Crippen molar-refractivity contribution < 1.29 is 14.6 Å². The molecule has 1 fully saturated rings. The summed E-state index contributed by atoms with van der Waals surface area (Å²) >= 11 is 0. The Kier molecular flexibility index (Phi) is 5.77. The summed E-state index contributed by atoms with van der Waals surface area (Å²) in [4.78, 5) is 13.3. The van der Waals surface area contributed by atoms with Crippen LogP contribution in [-0.4, -0.2) is 54.9 Å². The molecule has 0 aromatic heterocycles. The molecular formula is C14H28N2O3. The second-order valence-corrected chi connectivity index (χ2v) is 6.75. The standard InChI is InChI=1S/C14H28N2O3/c1-14(2,3)12(17)6-10-5-11(15)8-16(7-10)9-13(18)19-4/h10-12,17H,5-9,15H2,1-4H3. The van der Waals surface area contributed by atoms with Crippen LogP contribution < -0.4 is 5.73 Å². The normalized spacial score (nSPS) is 27.1. The van der Waals surface area contributed by atoms with Crippen LogP contribution in [0.2, 0.25) is 0 Å². The number of nitrogens with two attached hydrogens (primary N) is 1. The lowest BCUT2D eigenvalue weighted by Crippen LogP contribution is -2.49. The van der Waals surface area contributed by atoms with Crippen molar-refractivity contribution in [1.82, 2.24) is 4.90 Å². The van der Waals surface area contributed by atoms with Crippen LogP contribution in [0, 0.1) is 11.3 Å². The Balaban J connectivity index is 2.53. The van der Waals surface area contributed by atoms with E-state index in [1.165, 1.54) is 7.11 Å². The second-order valence-electron chi connectivity index (χ2n) is 6.75. The Morgan fingerprint density at radius 1 is 1.47 bits per heavy atom. The highest BCUT2D eigenvalue weighted by Gasteiger charge is 2.31. The van der Waals surface area contributed by atoms with Crippen molar-refractivity contribution in [2.75, 3.05) is 26.7 Å². The number of aliphatic hydroxyl groups excluding tert-OH is 1. The van der Waals surface area contributed by atoms with Crippen LogP contribution in [0.15, 0.2) is 0 Å². The molecule has 1 aliphatic rings. The number of methoxy groups -OCH3 is 1. The van der Waals surface area contributed by atoms with Crippen molar-refractivity contribution in [2.24, 2.45) is 17.1 Å². The number of hydrogen-bond donors (Lipinski definition) is 2. The fourth-order valence-corrected chi connectivity index (χ4v) is 2.56. The topological polar surface area (TPSA) is 75.8 Å². The van der Waals surface area contributed by atoms with Crippen molar-refractivity contribution in [3.8, 4) is 0 Å². The smallest absolute Gasteiger partial charge is 0.319 e. The SMILES string of the molecule is COC(=O)CN1CC(N)CC(CC(O)C(C)(C)C)C1. The average molecular weight is 272 g/mol. The van der Waals surface area contributed by atoms with Crippen LogP contribution in [0.25, 0.3) is 0 Å². The maximum absolute atomic E-state index is 11.3. The molecule has 0 radical (unpaired) electrons. The van der Waals surface area contributed by atoms with Gasteiger partial charge in [0.25, 0.3) is 0 Å². The lowest BCUT2D eigenvalue weighted by molar-refractivity contribution is -0.142. The van der Waals surface area contributed by atoms with E-state index in [0.717, 1.165) is 25.9 Å². The summed E-state index contributed by atoms with van der Waals surface area (Å²) < 4.78 is 4.69. The van der Waals surface area contributed by atoms with Gasteiger partial charge < -0.3 is 15.6 Å². The molecule has 1 rings (SSSR count). The molecule has 1 heterocycles. The van der Waals surface area contributed by atoms with E-state index in [1.54, 1.807) is 0 Å². The van der Waals surface area contributed by atoms with Gasteiger partial charge in [-0.3, -0.25) is 9.69 Å². The van der Waals surface area contributed by atoms with E-state index in [0.29, 0.717) is 5.92 Å². The number of aliphatic hydroxyl groups is 1. The van der Waals surface area contributed by atoms with E-state index in [4.69, 9.17) is 5.73 Å². The van der Waals surface area contributed by atoms with Gasteiger partial charge in [-0.1, -0.05) is 20.8 Å². The Morgan fingerprint density at radius 2 is 2.11 bits per heavy atom. The maximum Gasteiger partial charge on any atom is 0.319 e. The number of ether oxygens (including phenoxy) is 1. The van der Waals surface area contributed by atoms with Crippen molar-refractivity contribution in [3.05, 3.63) is 0 Å². The van der Waals surface area contributed by atoms with Crippen LogP contribution in [0.5, 0.6) is 0 Å². The first-order valence-corrected chi connectivity index (χ1v) is 6.95. The Hall–Kier alpha value is -0.650. The van der Waals surface area contributed by atoms with E-state index in [1.807, 2.05) is 25.7 Å². The molecule has 19 heavy (non-hydrogen) atoms. The number of likely N-dealkylation sites (tertiary alicyclic amines) is 1.